The molecular formula is C16H16N2O5S. The van der Waals surface area contributed by atoms with Crippen molar-refractivity contribution in [2.24, 2.45) is 0 Å². The lowest BCUT2D eigenvalue weighted by Crippen LogP contribution is -2.30. The molecule has 1 aromatic carbocycles. The lowest BCUT2D eigenvalue weighted by Gasteiger charge is -2.18. The van der Waals surface area contributed by atoms with Crippen molar-refractivity contribution in [1.82, 2.24) is 10.3 Å². The Labute approximate surface area is 139 Å². The van der Waals surface area contributed by atoms with Crippen molar-refractivity contribution >= 4 is 15.7 Å². The summed E-state index contributed by atoms with van der Waals surface area (Å²) in [6.07, 6.45) is 3.04. The van der Waals surface area contributed by atoms with Crippen LogP contribution in [0.2, 0.25) is 0 Å². The smallest absolute Gasteiger partial charge is 0.231 e. The number of fused-ring (bicyclic) bond motifs is 1. The molecule has 0 spiro atoms. The maximum atomic E-state index is 13.1. The first kappa shape index (κ1) is 16.3. The summed E-state index contributed by atoms with van der Waals surface area (Å²) in [5.41, 5.74) is 0.504. The molecule has 24 heavy (non-hydrogen) atoms. The number of hydrogen-bond acceptors (Lipinski definition) is 6. The molecule has 0 saturated carbocycles. The molecule has 2 aromatic rings. The second-order valence-electron chi connectivity index (χ2n) is 5.27. The summed E-state index contributed by atoms with van der Waals surface area (Å²) in [5.74, 6) is 0.596. The fourth-order valence-electron chi connectivity index (χ4n) is 2.43. The van der Waals surface area contributed by atoms with Gasteiger partial charge in [0, 0.05) is 31.9 Å². The topological polar surface area (TPSA) is 94.6 Å². The fraction of sp³-hybridized carbons (Fsp3) is 0.250. The lowest BCUT2D eigenvalue weighted by atomic mass is 10.2. The highest BCUT2D eigenvalue weighted by molar-refractivity contribution is 7.91. The van der Waals surface area contributed by atoms with Gasteiger partial charge in [0.2, 0.25) is 12.7 Å². The predicted molar refractivity (Wildman–Crippen MR) is 85.4 cm³/mol. The largest absolute Gasteiger partial charge is 0.454 e. The molecule has 0 aliphatic carbocycles. The Balaban J connectivity index is 2.00. The second-order valence-corrected chi connectivity index (χ2v) is 7.40. The Morgan fingerprint density at radius 1 is 1.29 bits per heavy atom. The van der Waals surface area contributed by atoms with E-state index in [0.717, 1.165) is 0 Å². The third kappa shape index (κ3) is 3.18. The molecule has 1 atom stereocenters. The van der Waals surface area contributed by atoms with E-state index in [0.29, 0.717) is 17.1 Å². The van der Waals surface area contributed by atoms with Crippen molar-refractivity contribution < 1.29 is 22.7 Å². The maximum absolute atomic E-state index is 13.1. The average Bonchev–Trinajstić information content (AvgIpc) is 3.03. The summed E-state index contributed by atoms with van der Waals surface area (Å²) in [5, 5.41) is 1.62. The van der Waals surface area contributed by atoms with Gasteiger partial charge in [-0.05, 0) is 23.8 Å². The second kappa shape index (κ2) is 6.48. The minimum Gasteiger partial charge on any atom is -0.454 e. The van der Waals surface area contributed by atoms with Crippen molar-refractivity contribution in [2.45, 2.75) is 17.1 Å². The molecule has 0 fully saturated rings. The number of amides is 1. The van der Waals surface area contributed by atoms with Gasteiger partial charge in [0.25, 0.3) is 0 Å². The van der Waals surface area contributed by atoms with Gasteiger partial charge in [0.05, 0.1) is 4.90 Å². The average molecular weight is 348 g/mol. The number of benzene rings is 1. The summed E-state index contributed by atoms with van der Waals surface area (Å²) in [4.78, 5) is 15.3. The number of nitrogens with one attached hydrogen (secondary N) is 1. The zero-order chi connectivity index (χ0) is 17.2. The number of hydrogen-bond donors (Lipinski definition) is 1. The van der Waals surface area contributed by atoms with E-state index in [1.54, 1.807) is 24.4 Å². The van der Waals surface area contributed by atoms with Crippen molar-refractivity contribution in [2.75, 3.05) is 13.3 Å². The first-order valence-corrected chi connectivity index (χ1v) is 8.81. The van der Waals surface area contributed by atoms with Crippen LogP contribution in [0.5, 0.6) is 11.5 Å². The zero-order valence-electron chi connectivity index (χ0n) is 12.9. The van der Waals surface area contributed by atoms with Gasteiger partial charge >= 0.3 is 0 Å². The van der Waals surface area contributed by atoms with Crippen molar-refractivity contribution in [3.63, 3.8) is 0 Å². The minimum absolute atomic E-state index is 0.0438. The van der Waals surface area contributed by atoms with E-state index in [2.05, 4.69) is 10.3 Å². The quantitative estimate of drug-likeness (QED) is 0.879. The zero-order valence-corrected chi connectivity index (χ0v) is 13.7. The van der Waals surface area contributed by atoms with Crippen LogP contribution in [-0.4, -0.2) is 32.6 Å². The van der Waals surface area contributed by atoms with E-state index in [1.165, 1.54) is 25.3 Å². The molecule has 7 nitrogen and oxygen atoms in total. The van der Waals surface area contributed by atoms with Gasteiger partial charge in [0.15, 0.2) is 21.3 Å². The van der Waals surface area contributed by atoms with E-state index in [1.807, 2.05) is 0 Å². The van der Waals surface area contributed by atoms with E-state index in [-0.39, 0.29) is 24.1 Å². The number of aromatic nitrogens is 1. The summed E-state index contributed by atoms with van der Waals surface area (Å²) >= 11 is 0. The summed E-state index contributed by atoms with van der Waals surface area (Å²) < 4.78 is 36.6. The molecule has 1 N–H and O–H groups in total. The van der Waals surface area contributed by atoms with Gasteiger partial charge in [-0.3, -0.25) is 9.78 Å². The lowest BCUT2D eigenvalue weighted by molar-refractivity contribution is -0.118. The molecular weight excluding hydrogens is 332 g/mol. The summed E-state index contributed by atoms with van der Waals surface area (Å²) in [6.45, 7) is 1.36. The van der Waals surface area contributed by atoms with E-state index < -0.39 is 15.1 Å². The van der Waals surface area contributed by atoms with Gasteiger partial charge in [0.1, 0.15) is 5.25 Å². The fourth-order valence-corrected chi connectivity index (χ4v) is 4.09. The van der Waals surface area contributed by atoms with Crippen LogP contribution in [-0.2, 0) is 14.6 Å². The molecule has 1 amide bonds. The summed E-state index contributed by atoms with van der Waals surface area (Å²) in [7, 11) is -3.76. The Morgan fingerprint density at radius 2 is 2.08 bits per heavy atom. The molecule has 0 bridgehead atoms. The highest BCUT2D eigenvalue weighted by Crippen LogP contribution is 2.37. The Hall–Kier alpha value is -2.61. The van der Waals surface area contributed by atoms with Crippen LogP contribution in [0.1, 0.15) is 17.7 Å². The number of carbonyl (C=O) groups is 1. The normalized spacial score (nSPS) is 14.2. The number of carbonyl (C=O) groups excluding carboxylic acids is 1. The minimum atomic E-state index is -3.76. The number of ether oxygens (including phenoxy) is 2. The molecule has 1 aliphatic heterocycles. The van der Waals surface area contributed by atoms with Crippen LogP contribution in [0.25, 0.3) is 0 Å². The monoisotopic (exact) mass is 348 g/mol. The van der Waals surface area contributed by atoms with Crippen LogP contribution in [0, 0.1) is 0 Å². The van der Waals surface area contributed by atoms with Gasteiger partial charge in [-0.15, -0.1) is 0 Å². The maximum Gasteiger partial charge on any atom is 0.231 e. The van der Waals surface area contributed by atoms with Crippen molar-refractivity contribution in [3.8, 4) is 11.5 Å². The van der Waals surface area contributed by atoms with Gasteiger partial charge in [-0.1, -0.05) is 6.07 Å². The van der Waals surface area contributed by atoms with E-state index in [9.17, 15) is 13.2 Å². The molecule has 0 radical (unpaired) electrons. The Bertz CT molecular complexity index is 852. The van der Waals surface area contributed by atoms with Crippen LogP contribution < -0.4 is 14.8 Å². The number of sulfone groups is 1. The van der Waals surface area contributed by atoms with Gasteiger partial charge < -0.3 is 14.8 Å². The molecule has 1 aromatic heterocycles. The first-order chi connectivity index (χ1) is 11.5. The van der Waals surface area contributed by atoms with Gasteiger partial charge in [-0.25, -0.2) is 8.42 Å². The van der Waals surface area contributed by atoms with E-state index in [4.69, 9.17) is 9.47 Å². The third-order valence-electron chi connectivity index (χ3n) is 3.64. The highest BCUT2D eigenvalue weighted by Gasteiger charge is 2.31. The summed E-state index contributed by atoms with van der Waals surface area (Å²) in [6, 6.07) is 7.80. The standard InChI is InChI=1S/C16H16N2O5S/c1-11(19)18-9-16(12-3-2-6-17-8-12)24(20,21)13-4-5-14-15(7-13)23-10-22-14/h2-8,16H,9-10H2,1H3,(H,18,19)/t16-/m0/s1. The number of nitrogens with zero attached hydrogens (tertiary/aromatic N) is 1. The van der Waals surface area contributed by atoms with Crippen molar-refractivity contribution in [3.05, 3.63) is 48.3 Å². The first-order valence-electron chi connectivity index (χ1n) is 7.26. The highest BCUT2D eigenvalue weighted by atomic mass is 32.2. The Morgan fingerprint density at radius 3 is 2.79 bits per heavy atom. The molecule has 1 aliphatic rings. The molecule has 3 rings (SSSR count). The SMILES string of the molecule is CC(=O)NC[C@@H](c1cccnc1)S(=O)(=O)c1ccc2c(c1)OCO2. The van der Waals surface area contributed by atoms with Crippen LogP contribution >= 0.6 is 0 Å². The van der Waals surface area contributed by atoms with Crippen LogP contribution in [0.3, 0.4) is 0 Å². The molecule has 2 heterocycles. The van der Waals surface area contributed by atoms with Crippen molar-refractivity contribution in [1.29, 1.82) is 0 Å². The predicted octanol–water partition coefficient (Wildman–Crippen LogP) is 1.46. The molecule has 0 unspecified atom stereocenters. The van der Waals surface area contributed by atoms with Gasteiger partial charge in [-0.2, -0.15) is 0 Å². The third-order valence-corrected chi connectivity index (χ3v) is 5.74. The number of pyridine rings is 1. The molecule has 126 valence electrons. The molecule has 0 saturated heterocycles. The van der Waals surface area contributed by atoms with Crippen LogP contribution in [0.15, 0.2) is 47.6 Å². The van der Waals surface area contributed by atoms with E-state index >= 15 is 0 Å². The Kier molecular flexibility index (Phi) is 4.39. The van der Waals surface area contributed by atoms with Crippen LogP contribution in [0.4, 0.5) is 0 Å². The number of rotatable bonds is 5. The molecule has 8 heteroatoms.